The van der Waals surface area contributed by atoms with Crippen molar-refractivity contribution >= 4 is 34.0 Å². The van der Waals surface area contributed by atoms with Crippen LogP contribution in [0.4, 0.5) is 0 Å². The Labute approximate surface area is 130 Å². The zero-order valence-electron chi connectivity index (χ0n) is 11.9. The number of rotatable bonds is 4. The van der Waals surface area contributed by atoms with Crippen molar-refractivity contribution in [2.24, 2.45) is 0 Å². The van der Waals surface area contributed by atoms with E-state index < -0.39 is 0 Å². The van der Waals surface area contributed by atoms with Crippen molar-refractivity contribution in [2.45, 2.75) is 24.2 Å². The van der Waals surface area contributed by atoms with Crippen molar-refractivity contribution in [1.82, 2.24) is 14.8 Å². The molecule has 0 aliphatic carbocycles. The molecular formula is C15H15N3OS2. The lowest BCUT2D eigenvalue weighted by molar-refractivity contribution is 0.769. The summed E-state index contributed by atoms with van der Waals surface area (Å²) in [4.78, 5) is 12.4. The van der Waals surface area contributed by atoms with Gasteiger partial charge in [-0.2, -0.15) is 0 Å². The SMILES string of the molecule is CCc1cc(=O)n(Cc2nnc(SC)s2)c2ccccc12. The second-order valence-electron chi connectivity index (χ2n) is 4.63. The second kappa shape index (κ2) is 5.99. The van der Waals surface area contributed by atoms with Gasteiger partial charge in [0, 0.05) is 11.5 Å². The predicted molar refractivity (Wildman–Crippen MR) is 88.4 cm³/mol. The topological polar surface area (TPSA) is 47.8 Å². The van der Waals surface area contributed by atoms with Gasteiger partial charge >= 0.3 is 0 Å². The van der Waals surface area contributed by atoms with E-state index in [0.717, 1.165) is 32.2 Å². The van der Waals surface area contributed by atoms with Crippen LogP contribution in [0.15, 0.2) is 39.5 Å². The maximum Gasteiger partial charge on any atom is 0.251 e. The maximum atomic E-state index is 12.4. The average Bonchev–Trinajstić information content (AvgIpc) is 2.97. The van der Waals surface area contributed by atoms with Gasteiger partial charge in [-0.15, -0.1) is 10.2 Å². The molecule has 0 unspecified atom stereocenters. The fraction of sp³-hybridized carbons (Fsp3) is 0.267. The summed E-state index contributed by atoms with van der Waals surface area (Å²) >= 11 is 3.11. The molecule has 0 saturated heterocycles. The predicted octanol–water partition coefficient (Wildman–Crippen LogP) is 3.19. The Hall–Kier alpha value is -1.66. The van der Waals surface area contributed by atoms with Crippen LogP contribution in [-0.4, -0.2) is 21.0 Å². The summed E-state index contributed by atoms with van der Waals surface area (Å²) in [5.74, 6) is 0. The molecule has 108 valence electrons. The molecule has 0 aliphatic rings. The molecule has 6 heteroatoms. The van der Waals surface area contributed by atoms with Crippen LogP contribution < -0.4 is 5.56 Å². The Bertz CT molecular complexity index is 838. The van der Waals surface area contributed by atoms with Gasteiger partial charge in [-0.05, 0) is 24.3 Å². The van der Waals surface area contributed by atoms with Crippen LogP contribution in [0.25, 0.3) is 10.9 Å². The van der Waals surface area contributed by atoms with Crippen molar-refractivity contribution in [3.05, 3.63) is 51.3 Å². The Morgan fingerprint density at radius 2 is 2.10 bits per heavy atom. The molecule has 2 heterocycles. The molecule has 21 heavy (non-hydrogen) atoms. The molecule has 0 atom stereocenters. The summed E-state index contributed by atoms with van der Waals surface area (Å²) in [5, 5.41) is 10.2. The molecule has 0 radical (unpaired) electrons. The summed E-state index contributed by atoms with van der Waals surface area (Å²) in [6.07, 6.45) is 2.83. The van der Waals surface area contributed by atoms with Gasteiger partial charge in [0.25, 0.3) is 5.56 Å². The highest BCUT2D eigenvalue weighted by molar-refractivity contribution is 8.00. The molecule has 0 aliphatic heterocycles. The number of para-hydroxylation sites is 1. The third kappa shape index (κ3) is 2.73. The normalized spacial score (nSPS) is 11.1. The third-order valence-corrected chi connectivity index (χ3v) is 5.29. The standard InChI is InChI=1S/C15H15N3OS2/c1-3-10-8-14(19)18(12-7-5-4-6-11(10)12)9-13-16-17-15(20-2)21-13/h4-8H,3,9H2,1-2H3. The van der Waals surface area contributed by atoms with Crippen LogP contribution in [0, 0.1) is 0 Å². The number of hydrogen-bond donors (Lipinski definition) is 0. The molecule has 0 bridgehead atoms. The van der Waals surface area contributed by atoms with Crippen molar-refractivity contribution in [3.63, 3.8) is 0 Å². The lowest BCUT2D eigenvalue weighted by Gasteiger charge is -2.11. The van der Waals surface area contributed by atoms with Crippen molar-refractivity contribution in [2.75, 3.05) is 6.26 Å². The van der Waals surface area contributed by atoms with Gasteiger partial charge in [-0.1, -0.05) is 48.2 Å². The van der Waals surface area contributed by atoms with Gasteiger partial charge in [0.05, 0.1) is 12.1 Å². The smallest absolute Gasteiger partial charge is 0.251 e. The summed E-state index contributed by atoms with van der Waals surface area (Å²) in [7, 11) is 0. The number of aryl methyl sites for hydroxylation is 1. The molecule has 3 rings (SSSR count). The minimum Gasteiger partial charge on any atom is -0.301 e. The van der Waals surface area contributed by atoms with Gasteiger partial charge in [-0.25, -0.2) is 0 Å². The Balaban J connectivity index is 2.13. The summed E-state index contributed by atoms with van der Waals surface area (Å²) in [6, 6.07) is 9.76. The monoisotopic (exact) mass is 317 g/mol. The zero-order chi connectivity index (χ0) is 14.8. The van der Waals surface area contributed by atoms with Crippen LogP contribution in [0.2, 0.25) is 0 Å². The Morgan fingerprint density at radius 3 is 2.81 bits per heavy atom. The van der Waals surface area contributed by atoms with E-state index >= 15 is 0 Å². The largest absolute Gasteiger partial charge is 0.301 e. The van der Waals surface area contributed by atoms with E-state index in [1.165, 1.54) is 11.3 Å². The highest BCUT2D eigenvalue weighted by atomic mass is 32.2. The van der Waals surface area contributed by atoms with E-state index in [0.29, 0.717) is 6.54 Å². The number of benzene rings is 1. The number of pyridine rings is 1. The average molecular weight is 317 g/mol. The van der Waals surface area contributed by atoms with Crippen molar-refractivity contribution in [1.29, 1.82) is 0 Å². The number of nitrogens with zero attached hydrogens (tertiary/aromatic N) is 3. The quantitative estimate of drug-likeness (QED) is 0.693. The first-order chi connectivity index (χ1) is 10.2. The number of fused-ring (bicyclic) bond motifs is 1. The third-order valence-electron chi connectivity index (χ3n) is 3.40. The zero-order valence-corrected chi connectivity index (χ0v) is 13.5. The van der Waals surface area contributed by atoms with Gasteiger partial charge in [0.1, 0.15) is 5.01 Å². The van der Waals surface area contributed by atoms with E-state index in [-0.39, 0.29) is 5.56 Å². The minimum absolute atomic E-state index is 0.0199. The number of thioether (sulfide) groups is 1. The maximum absolute atomic E-state index is 12.4. The summed E-state index contributed by atoms with van der Waals surface area (Å²) in [6.45, 7) is 2.54. The molecule has 0 saturated carbocycles. The molecule has 0 N–H and O–H groups in total. The molecule has 4 nitrogen and oxygen atoms in total. The number of aromatic nitrogens is 3. The summed E-state index contributed by atoms with van der Waals surface area (Å²) < 4.78 is 2.70. The van der Waals surface area contributed by atoms with E-state index in [4.69, 9.17) is 0 Å². The first-order valence-corrected chi connectivity index (χ1v) is 8.75. The molecule has 0 fully saturated rings. The van der Waals surface area contributed by atoms with E-state index in [1.807, 2.05) is 24.5 Å². The molecule has 0 amide bonds. The minimum atomic E-state index is 0.0199. The first-order valence-electron chi connectivity index (χ1n) is 6.70. The van der Waals surface area contributed by atoms with Gasteiger partial charge < -0.3 is 4.57 Å². The molecule has 3 aromatic rings. The Kier molecular flexibility index (Phi) is 4.07. The first kappa shape index (κ1) is 14.3. The fourth-order valence-electron chi connectivity index (χ4n) is 2.38. The second-order valence-corrected chi connectivity index (χ2v) is 6.75. The summed E-state index contributed by atoms with van der Waals surface area (Å²) in [5.41, 5.74) is 2.07. The Morgan fingerprint density at radius 1 is 1.29 bits per heavy atom. The highest BCUT2D eigenvalue weighted by Crippen LogP contribution is 2.22. The van der Waals surface area contributed by atoms with Crippen LogP contribution in [0.3, 0.4) is 0 Å². The van der Waals surface area contributed by atoms with Gasteiger partial charge in [0.2, 0.25) is 0 Å². The van der Waals surface area contributed by atoms with E-state index in [9.17, 15) is 4.79 Å². The molecule has 2 aromatic heterocycles. The van der Waals surface area contributed by atoms with Crippen molar-refractivity contribution in [3.8, 4) is 0 Å². The van der Waals surface area contributed by atoms with E-state index in [2.05, 4.69) is 23.2 Å². The number of hydrogen-bond acceptors (Lipinski definition) is 5. The molecular weight excluding hydrogens is 302 g/mol. The van der Waals surface area contributed by atoms with Gasteiger partial charge in [-0.3, -0.25) is 4.79 Å². The molecule has 0 spiro atoms. The molecule has 1 aromatic carbocycles. The van der Waals surface area contributed by atoms with E-state index in [1.54, 1.807) is 22.4 Å². The fourth-order valence-corrected chi connectivity index (χ4v) is 3.68. The van der Waals surface area contributed by atoms with Crippen LogP contribution in [-0.2, 0) is 13.0 Å². The lowest BCUT2D eigenvalue weighted by Crippen LogP contribution is -2.21. The lowest BCUT2D eigenvalue weighted by atomic mass is 10.1. The van der Waals surface area contributed by atoms with Crippen LogP contribution in [0.1, 0.15) is 17.5 Å². The van der Waals surface area contributed by atoms with Crippen LogP contribution in [0.5, 0.6) is 0 Å². The van der Waals surface area contributed by atoms with Gasteiger partial charge in [0.15, 0.2) is 4.34 Å². The van der Waals surface area contributed by atoms with Crippen LogP contribution >= 0.6 is 23.1 Å². The van der Waals surface area contributed by atoms with Crippen molar-refractivity contribution < 1.29 is 0 Å². The highest BCUT2D eigenvalue weighted by Gasteiger charge is 2.10.